The molecule has 0 heterocycles. The van der Waals surface area contributed by atoms with Crippen LogP contribution in [0.5, 0.6) is 11.5 Å². The Kier molecular flexibility index (Phi) is 20.5. The molecule has 0 spiro atoms. The molecule has 2 atom stereocenters. The molecule has 0 aromatic heterocycles. The Bertz CT molecular complexity index is 1350. The van der Waals surface area contributed by atoms with Crippen LogP contribution in [0.25, 0.3) is 12.2 Å². The summed E-state index contributed by atoms with van der Waals surface area (Å²) >= 11 is 0. The molecular weight excluding hydrogens is 652 g/mol. The van der Waals surface area contributed by atoms with Gasteiger partial charge in [-0.15, -0.1) is 0 Å². The van der Waals surface area contributed by atoms with Crippen molar-refractivity contribution in [3.8, 4) is 11.5 Å². The monoisotopic (exact) mass is 708 g/mol. The van der Waals surface area contributed by atoms with Crippen LogP contribution in [-0.2, 0) is 38.1 Å². The molecule has 10 heteroatoms. The Balaban J connectivity index is 2.10. The first-order valence-electron chi connectivity index (χ1n) is 18.3. The van der Waals surface area contributed by atoms with Crippen molar-refractivity contribution in [3.05, 3.63) is 70.8 Å². The highest BCUT2D eigenvalue weighted by Crippen LogP contribution is 2.21. The summed E-state index contributed by atoms with van der Waals surface area (Å²) in [4.78, 5) is 50.9. The molecule has 0 N–H and O–H groups in total. The Morgan fingerprint density at radius 1 is 0.529 bits per heavy atom. The van der Waals surface area contributed by atoms with Gasteiger partial charge in [-0.05, 0) is 86.1 Å². The molecule has 2 unspecified atom stereocenters. The molecule has 280 valence electrons. The fourth-order valence-corrected chi connectivity index (χ4v) is 4.98. The average molecular weight is 709 g/mol. The van der Waals surface area contributed by atoms with E-state index in [-0.39, 0.29) is 56.2 Å². The van der Waals surface area contributed by atoms with E-state index >= 15 is 0 Å². The van der Waals surface area contributed by atoms with E-state index in [9.17, 15) is 19.2 Å². The highest BCUT2D eigenvalue weighted by Gasteiger charge is 2.24. The second kappa shape index (κ2) is 24.5. The van der Waals surface area contributed by atoms with E-state index in [2.05, 4.69) is 27.7 Å². The van der Waals surface area contributed by atoms with Crippen molar-refractivity contribution in [2.24, 2.45) is 11.8 Å². The maximum atomic E-state index is 13.2. The predicted molar refractivity (Wildman–Crippen MR) is 197 cm³/mol. The third-order valence-corrected chi connectivity index (χ3v) is 8.25. The summed E-state index contributed by atoms with van der Waals surface area (Å²) in [7, 11) is 0. The van der Waals surface area contributed by atoms with Crippen LogP contribution in [0.15, 0.2) is 59.7 Å². The van der Waals surface area contributed by atoms with E-state index in [4.69, 9.17) is 28.4 Å². The van der Waals surface area contributed by atoms with Gasteiger partial charge in [-0.2, -0.15) is 0 Å². The fraction of sp³-hybridized carbons (Fsp3) is 0.512. The molecule has 0 bridgehead atoms. The maximum absolute atomic E-state index is 13.2. The summed E-state index contributed by atoms with van der Waals surface area (Å²) in [6.45, 7) is 12.4. The van der Waals surface area contributed by atoms with Gasteiger partial charge >= 0.3 is 23.9 Å². The lowest BCUT2D eigenvalue weighted by Crippen LogP contribution is -2.23. The second-order valence-electron chi connectivity index (χ2n) is 12.1. The number of hydrogen-bond acceptors (Lipinski definition) is 10. The predicted octanol–water partition coefficient (Wildman–Crippen LogP) is 8.51. The van der Waals surface area contributed by atoms with E-state index in [0.29, 0.717) is 22.6 Å². The molecule has 0 fully saturated rings. The standard InChI is InChI=1S/C41H56O10/c1-7-13-15-30(9-3)27-48-40(44)37(41(45)49-28-31(10-4)16-14-8-2)26-33-19-23-35(24-20-33)51-29-50-34-21-17-32(18-22-34)25-36(38(42)46-11-5)39(43)47-12-6/h17-26,30-31H,7-16,27-29H2,1-6H3. The van der Waals surface area contributed by atoms with E-state index in [0.717, 1.165) is 51.4 Å². The van der Waals surface area contributed by atoms with Gasteiger partial charge in [-0.25, -0.2) is 19.2 Å². The summed E-state index contributed by atoms with van der Waals surface area (Å²) < 4.78 is 32.7. The maximum Gasteiger partial charge on any atom is 0.345 e. The second-order valence-corrected chi connectivity index (χ2v) is 12.1. The van der Waals surface area contributed by atoms with Crippen LogP contribution in [-0.4, -0.2) is 57.1 Å². The number of hydrogen-bond donors (Lipinski definition) is 0. The average Bonchev–Trinajstić information content (AvgIpc) is 3.14. The normalized spacial score (nSPS) is 11.7. The number of unbranched alkanes of at least 4 members (excludes halogenated alkanes) is 2. The molecule has 0 saturated carbocycles. The zero-order valence-corrected chi connectivity index (χ0v) is 31.2. The molecule has 0 aliphatic heterocycles. The Labute approximate surface area is 303 Å². The van der Waals surface area contributed by atoms with Crippen LogP contribution in [0.4, 0.5) is 0 Å². The van der Waals surface area contributed by atoms with Crippen LogP contribution in [0.3, 0.4) is 0 Å². The van der Waals surface area contributed by atoms with Crippen molar-refractivity contribution in [2.45, 2.75) is 92.9 Å². The first-order chi connectivity index (χ1) is 24.7. The largest absolute Gasteiger partial charge is 0.462 e. The van der Waals surface area contributed by atoms with E-state index in [1.54, 1.807) is 62.4 Å². The minimum atomic E-state index is -0.756. The highest BCUT2D eigenvalue weighted by atomic mass is 16.7. The Morgan fingerprint density at radius 3 is 1.20 bits per heavy atom. The van der Waals surface area contributed by atoms with Gasteiger partial charge in [-0.1, -0.05) is 90.5 Å². The third kappa shape index (κ3) is 15.9. The third-order valence-electron chi connectivity index (χ3n) is 8.25. The molecule has 0 aliphatic rings. The van der Waals surface area contributed by atoms with Gasteiger partial charge in [0.25, 0.3) is 0 Å². The minimum Gasteiger partial charge on any atom is -0.462 e. The molecule has 10 nitrogen and oxygen atoms in total. The van der Waals surface area contributed by atoms with Gasteiger partial charge in [-0.3, -0.25) is 0 Å². The number of esters is 4. The van der Waals surface area contributed by atoms with E-state index in [1.165, 1.54) is 12.2 Å². The topological polar surface area (TPSA) is 124 Å². The molecule has 2 aromatic carbocycles. The van der Waals surface area contributed by atoms with Crippen LogP contribution in [0.1, 0.15) is 104 Å². The van der Waals surface area contributed by atoms with Gasteiger partial charge in [0.15, 0.2) is 0 Å². The molecule has 0 amide bonds. The lowest BCUT2D eigenvalue weighted by Gasteiger charge is -2.17. The number of ether oxygens (including phenoxy) is 6. The van der Waals surface area contributed by atoms with Crippen molar-refractivity contribution >= 4 is 36.0 Å². The lowest BCUT2D eigenvalue weighted by molar-refractivity contribution is -0.149. The molecule has 0 aliphatic carbocycles. The fourth-order valence-electron chi connectivity index (χ4n) is 4.98. The van der Waals surface area contributed by atoms with Crippen molar-refractivity contribution in [3.63, 3.8) is 0 Å². The summed E-state index contributed by atoms with van der Waals surface area (Å²) in [5, 5.41) is 0. The number of carbonyl (C=O) groups excluding carboxylic acids is 4. The van der Waals surface area contributed by atoms with Crippen molar-refractivity contribution in [2.75, 3.05) is 33.2 Å². The van der Waals surface area contributed by atoms with Gasteiger partial charge in [0.1, 0.15) is 22.6 Å². The Hall–Kier alpha value is -4.60. The van der Waals surface area contributed by atoms with Crippen LogP contribution in [0.2, 0.25) is 0 Å². The Morgan fingerprint density at radius 2 is 0.882 bits per heavy atom. The van der Waals surface area contributed by atoms with Crippen LogP contribution >= 0.6 is 0 Å². The molecule has 2 aromatic rings. The van der Waals surface area contributed by atoms with Crippen molar-refractivity contribution < 1.29 is 47.6 Å². The van der Waals surface area contributed by atoms with Gasteiger partial charge in [0.05, 0.1) is 26.4 Å². The molecular formula is C41H56O10. The minimum absolute atomic E-state index is 0.0988. The molecule has 2 rings (SSSR count). The highest BCUT2D eigenvalue weighted by molar-refractivity contribution is 6.18. The molecule has 51 heavy (non-hydrogen) atoms. The summed E-state index contributed by atoms with van der Waals surface area (Å²) in [6, 6.07) is 13.6. The first-order valence-corrected chi connectivity index (χ1v) is 18.3. The summed E-state index contributed by atoms with van der Waals surface area (Å²) in [5.74, 6) is -1.41. The van der Waals surface area contributed by atoms with E-state index in [1.807, 2.05) is 0 Å². The SMILES string of the molecule is CCCCC(CC)COC(=O)C(=Cc1ccc(OCOc2ccc(C=C(C(=O)OCC)C(=O)OCC)cc2)cc1)C(=O)OCC(CC)CCCC. The smallest absolute Gasteiger partial charge is 0.345 e. The van der Waals surface area contributed by atoms with Crippen molar-refractivity contribution in [1.82, 2.24) is 0 Å². The summed E-state index contributed by atoms with van der Waals surface area (Å²) in [6.07, 6.45) is 10.8. The summed E-state index contributed by atoms with van der Waals surface area (Å²) in [5.41, 5.74) is 0.850. The van der Waals surface area contributed by atoms with Crippen LogP contribution in [0, 0.1) is 11.8 Å². The zero-order valence-electron chi connectivity index (χ0n) is 31.2. The number of carbonyl (C=O) groups is 4. The van der Waals surface area contributed by atoms with E-state index < -0.39 is 23.9 Å². The number of benzene rings is 2. The lowest BCUT2D eigenvalue weighted by atomic mass is 10.0. The quantitative estimate of drug-likeness (QED) is 0.0262. The van der Waals surface area contributed by atoms with Gasteiger partial charge < -0.3 is 28.4 Å². The van der Waals surface area contributed by atoms with Gasteiger partial charge in [0, 0.05) is 0 Å². The van der Waals surface area contributed by atoms with Crippen LogP contribution < -0.4 is 9.47 Å². The number of rotatable bonds is 24. The van der Waals surface area contributed by atoms with Gasteiger partial charge in [0.2, 0.25) is 6.79 Å². The molecule has 0 saturated heterocycles. The zero-order chi connectivity index (χ0) is 37.4. The van der Waals surface area contributed by atoms with Crippen molar-refractivity contribution in [1.29, 1.82) is 0 Å². The molecule has 0 radical (unpaired) electrons. The first kappa shape index (κ1) is 42.6.